The van der Waals surface area contributed by atoms with E-state index >= 15 is 0 Å². The van der Waals surface area contributed by atoms with Crippen molar-refractivity contribution in [3.63, 3.8) is 0 Å². The van der Waals surface area contributed by atoms with Crippen molar-refractivity contribution < 1.29 is 23.1 Å². The van der Waals surface area contributed by atoms with E-state index in [0.29, 0.717) is 5.56 Å². The molecular weight excluding hydrogens is 350 g/mol. The minimum absolute atomic E-state index is 0.170. The van der Waals surface area contributed by atoms with E-state index in [9.17, 15) is 18.0 Å². The molecule has 1 rings (SSSR count). The van der Waals surface area contributed by atoms with Crippen molar-refractivity contribution in [3.05, 3.63) is 34.3 Å². The van der Waals surface area contributed by atoms with Gasteiger partial charge in [0, 0.05) is 16.3 Å². The molecule has 0 aliphatic heterocycles. The highest BCUT2D eigenvalue weighted by molar-refractivity contribution is 9.10. The summed E-state index contributed by atoms with van der Waals surface area (Å²) >= 11 is 3.22. The van der Waals surface area contributed by atoms with Gasteiger partial charge in [-0.2, -0.15) is 0 Å². The van der Waals surface area contributed by atoms with Crippen molar-refractivity contribution in [2.24, 2.45) is 0 Å². The molecule has 0 fully saturated rings. The first kappa shape index (κ1) is 16.6. The molecule has 0 aliphatic carbocycles. The van der Waals surface area contributed by atoms with Crippen molar-refractivity contribution in [2.45, 2.75) is 12.5 Å². The molecule has 110 valence electrons. The molecule has 0 aliphatic rings. The molecule has 0 saturated carbocycles. The predicted molar refractivity (Wildman–Crippen MR) is 77.4 cm³/mol. The van der Waals surface area contributed by atoms with E-state index in [1.54, 1.807) is 12.1 Å². The van der Waals surface area contributed by atoms with Crippen LogP contribution in [0.5, 0.6) is 0 Å². The maximum Gasteiger partial charge on any atom is 0.326 e. The molecule has 1 amide bonds. The molecule has 0 bridgehead atoms. The quantitative estimate of drug-likeness (QED) is 0.786. The SMILES string of the molecule is CS(=O)(=O)CCC(NC(=O)c1ccc(Br)cc1)C(=O)O. The maximum atomic E-state index is 11.9. The van der Waals surface area contributed by atoms with Crippen LogP contribution in [0, 0.1) is 0 Å². The lowest BCUT2D eigenvalue weighted by Crippen LogP contribution is -2.41. The van der Waals surface area contributed by atoms with Crippen LogP contribution in [-0.2, 0) is 14.6 Å². The predicted octanol–water partition coefficient (Wildman–Crippen LogP) is 1.07. The van der Waals surface area contributed by atoms with E-state index in [1.807, 2.05) is 0 Å². The monoisotopic (exact) mass is 363 g/mol. The largest absolute Gasteiger partial charge is 0.480 e. The van der Waals surface area contributed by atoms with Crippen LogP contribution in [-0.4, -0.2) is 43.5 Å². The smallest absolute Gasteiger partial charge is 0.326 e. The molecule has 0 saturated heterocycles. The highest BCUT2D eigenvalue weighted by atomic mass is 79.9. The molecule has 1 unspecified atom stereocenters. The van der Waals surface area contributed by atoms with Crippen LogP contribution in [0.2, 0.25) is 0 Å². The second-order valence-corrected chi connectivity index (χ2v) is 7.47. The number of aliphatic carboxylic acids is 1. The summed E-state index contributed by atoms with van der Waals surface area (Å²) in [6.07, 6.45) is 0.846. The average Bonchev–Trinajstić information content (AvgIpc) is 2.33. The van der Waals surface area contributed by atoms with Crippen LogP contribution in [0.15, 0.2) is 28.7 Å². The van der Waals surface area contributed by atoms with Gasteiger partial charge in [0.25, 0.3) is 5.91 Å². The zero-order chi connectivity index (χ0) is 15.3. The number of halogens is 1. The Kier molecular flexibility index (Phi) is 5.70. The molecule has 0 aromatic heterocycles. The van der Waals surface area contributed by atoms with E-state index in [4.69, 9.17) is 5.11 Å². The first-order valence-electron chi connectivity index (χ1n) is 5.66. The standard InChI is InChI=1S/C12H14BrNO5S/c1-20(18,19)7-6-10(12(16)17)14-11(15)8-2-4-9(13)5-3-8/h2-5,10H,6-7H2,1H3,(H,14,15)(H,16,17). The Bertz CT molecular complexity index is 597. The Morgan fingerprint density at radius 2 is 1.85 bits per heavy atom. The summed E-state index contributed by atoms with van der Waals surface area (Å²) in [5.41, 5.74) is 0.304. The summed E-state index contributed by atoms with van der Waals surface area (Å²) in [5.74, 6) is -2.12. The van der Waals surface area contributed by atoms with Crippen LogP contribution in [0.1, 0.15) is 16.8 Å². The number of carboxylic acid groups (broad SMARTS) is 1. The van der Waals surface area contributed by atoms with E-state index in [1.165, 1.54) is 12.1 Å². The Balaban J connectivity index is 2.73. The Morgan fingerprint density at radius 1 is 1.30 bits per heavy atom. The number of carbonyl (C=O) groups excluding carboxylic acids is 1. The Hall–Kier alpha value is -1.41. The highest BCUT2D eigenvalue weighted by Gasteiger charge is 2.22. The lowest BCUT2D eigenvalue weighted by molar-refractivity contribution is -0.139. The summed E-state index contributed by atoms with van der Waals surface area (Å²) in [7, 11) is -3.28. The fourth-order valence-electron chi connectivity index (χ4n) is 1.43. The number of carboxylic acids is 1. The summed E-state index contributed by atoms with van der Waals surface area (Å²) < 4.78 is 22.9. The molecule has 2 N–H and O–H groups in total. The van der Waals surface area contributed by atoms with Crippen LogP contribution in [0.25, 0.3) is 0 Å². The van der Waals surface area contributed by atoms with Crippen molar-refractivity contribution in [1.82, 2.24) is 5.32 Å². The normalized spacial score (nSPS) is 12.7. The van der Waals surface area contributed by atoms with Crippen LogP contribution in [0.3, 0.4) is 0 Å². The zero-order valence-electron chi connectivity index (χ0n) is 10.7. The van der Waals surface area contributed by atoms with Crippen LogP contribution >= 0.6 is 15.9 Å². The number of rotatable bonds is 6. The van der Waals surface area contributed by atoms with Gasteiger partial charge in [-0.05, 0) is 30.7 Å². The van der Waals surface area contributed by atoms with Gasteiger partial charge >= 0.3 is 5.97 Å². The van der Waals surface area contributed by atoms with E-state index < -0.39 is 27.8 Å². The van der Waals surface area contributed by atoms with Gasteiger partial charge in [0.15, 0.2) is 0 Å². The number of carbonyl (C=O) groups is 2. The number of hydrogen-bond acceptors (Lipinski definition) is 4. The topological polar surface area (TPSA) is 101 Å². The summed E-state index contributed by atoms with van der Waals surface area (Å²) in [5, 5.41) is 11.3. The molecule has 1 aromatic carbocycles. The highest BCUT2D eigenvalue weighted by Crippen LogP contribution is 2.10. The summed E-state index contributed by atoms with van der Waals surface area (Å²) in [6, 6.07) is 5.15. The molecule has 0 spiro atoms. The molecular formula is C12H14BrNO5S. The summed E-state index contributed by atoms with van der Waals surface area (Å²) in [6.45, 7) is 0. The molecule has 6 nitrogen and oxygen atoms in total. The fraction of sp³-hybridized carbons (Fsp3) is 0.333. The van der Waals surface area contributed by atoms with E-state index in [0.717, 1.165) is 10.7 Å². The second kappa shape index (κ2) is 6.85. The summed E-state index contributed by atoms with van der Waals surface area (Å²) in [4.78, 5) is 22.9. The van der Waals surface area contributed by atoms with Gasteiger partial charge < -0.3 is 10.4 Å². The zero-order valence-corrected chi connectivity index (χ0v) is 13.1. The van der Waals surface area contributed by atoms with Gasteiger partial charge in [0.2, 0.25) is 0 Å². The van der Waals surface area contributed by atoms with Gasteiger partial charge in [0.1, 0.15) is 15.9 Å². The number of sulfone groups is 1. The molecule has 0 heterocycles. The Morgan fingerprint density at radius 3 is 2.30 bits per heavy atom. The number of hydrogen-bond donors (Lipinski definition) is 2. The fourth-order valence-corrected chi connectivity index (χ4v) is 2.36. The number of benzene rings is 1. The molecule has 8 heteroatoms. The Labute approximate surface area is 125 Å². The lowest BCUT2D eigenvalue weighted by Gasteiger charge is -2.14. The first-order valence-corrected chi connectivity index (χ1v) is 8.51. The van der Waals surface area contributed by atoms with Crippen molar-refractivity contribution in [3.8, 4) is 0 Å². The third kappa shape index (κ3) is 5.70. The molecule has 0 radical (unpaired) electrons. The van der Waals surface area contributed by atoms with Gasteiger partial charge in [0.05, 0.1) is 5.75 Å². The van der Waals surface area contributed by atoms with Crippen LogP contribution < -0.4 is 5.32 Å². The van der Waals surface area contributed by atoms with Gasteiger partial charge in [-0.3, -0.25) is 4.79 Å². The molecule has 1 aromatic rings. The second-order valence-electron chi connectivity index (χ2n) is 4.29. The number of nitrogens with one attached hydrogen (secondary N) is 1. The van der Waals surface area contributed by atoms with Crippen molar-refractivity contribution >= 4 is 37.6 Å². The lowest BCUT2D eigenvalue weighted by atomic mass is 10.1. The van der Waals surface area contributed by atoms with Crippen LogP contribution in [0.4, 0.5) is 0 Å². The maximum absolute atomic E-state index is 11.9. The van der Waals surface area contributed by atoms with Crippen molar-refractivity contribution in [2.75, 3.05) is 12.0 Å². The van der Waals surface area contributed by atoms with Gasteiger partial charge in [-0.1, -0.05) is 15.9 Å². The van der Waals surface area contributed by atoms with Gasteiger partial charge in [-0.25, -0.2) is 13.2 Å². The van der Waals surface area contributed by atoms with E-state index in [-0.39, 0.29) is 12.2 Å². The van der Waals surface area contributed by atoms with Gasteiger partial charge in [-0.15, -0.1) is 0 Å². The minimum atomic E-state index is -3.28. The average molecular weight is 364 g/mol. The van der Waals surface area contributed by atoms with E-state index in [2.05, 4.69) is 21.2 Å². The minimum Gasteiger partial charge on any atom is -0.480 e. The number of amides is 1. The first-order chi connectivity index (χ1) is 9.19. The van der Waals surface area contributed by atoms with Crippen molar-refractivity contribution in [1.29, 1.82) is 0 Å². The molecule has 1 atom stereocenters. The third-order valence-electron chi connectivity index (χ3n) is 2.49. The molecule has 20 heavy (non-hydrogen) atoms. The third-order valence-corrected chi connectivity index (χ3v) is 3.99.